The van der Waals surface area contributed by atoms with Gasteiger partial charge in [0.2, 0.25) is 5.69 Å². The topological polar surface area (TPSA) is 3.88 Å². The molecule has 1 heterocycles. The first-order valence-electron chi connectivity index (χ1n) is 11.6. The van der Waals surface area contributed by atoms with Crippen LogP contribution in [-0.4, -0.2) is 0 Å². The van der Waals surface area contributed by atoms with Gasteiger partial charge in [0.05, 0.1) is 0 Å². The maximum absolute atomic E-state index is 8.30. The summed E-state index contributed by atoms with van der Waals surface area (Å²) < 4.78 is 34.6. The Balaban J connectivity index is 1.94. The molecule has 0 bridgehead atoms. The second-order valence-electron chi connectivity index (χ2n) is 7.69. The maximum atomic E-state index is 8.30. The summed E-state index contributed by atoms with van der Waals surface area (Å²) in [6.45, 7) is 3.59. The van der Waals surface area contributed by atoms with E-state index in [4.69, 9.17) is 5.48 Å². The number of hydrogen-bond donors (Lipinski definition) is 0. The smallest absolute Gasteiger partial charge is 0.201 e. The summed E-state index contributed by atoms with van der Waals surface area (Å²) >= 11 is 0. The van der Waals surface area contributed by atoms with E-state index in [1.807, 2.05) is 80.1 Å². The van der Waals surface area contributed by atoms with Gasteiger partial charge in [0.15, 0.2) is 6.20 Å². The number of aromatic nitrogens is 1. The highest BCUT2D eigenvalue weighted by Gasteiger charge is 2.16. The molecule has 0 aliphatic rings. The summed E-state index contributed by atoms with van der Waals surface area (Å²) in [5.41, 5.74) is 6.06. The number of nitrogens with zero attached hydrogens (tertiary/aromatic N) is 1. The third-order valence-electron chi connectivity index (χ3n) is 5.42. The van der Waals surface area contributed by atoms with E-state index in [1.54, 1.807) is 6.20 Å². The first-order valence-corrected chi connectivity index (χ1v) is 9.60. The van der Waals surface area contributed by atoms with Crippen molar-refractivity contribution in [2.45, 2.75) is 33.5 Å². The lowest BCUT2D eigenvalue weighted by molar-refractivity contribution is -0.660. The standard InChI is InChI=1S/C27H28N/c1-18(2)21-10-11-23-15-24(13-12-22(23)14-21)26-16-27(28(5)17-20(26)4)25-9-7-6-8-19(25)3/h6-18H,1-5H3/q+1/i4D3,18D. The Morgan fingerprint density at radius 2 is 1.61 bits per heavy atom. The Hall–Kier alpha value is -2.93. The highest BCUT2D eigenvalue weighted by atomic mass is 14.9. The molecule has 0 spiro atoms. The predicted molar refractivity (Wildman–Crippen MR) is 120 cm³/mol. The van der Waals surface area contributed by atoms with Gasteiger partial charge in [-0.15, -0.1) is 0 Å². The SMILES string of the molecule is [2H]C([2H])([2H])c1c[n+](C)c(-c2ccccc2C)cc1-c1ccc2cc(C([2H])(C)C)ccc2c1. The van der Waals surface area contributed by atoms with Crippen molar-refractivity contribution in [3.8, 4) is 22.4 Å². The van der Waals surface area contributed by atoms with Gasteiger partial charge in [0.1, 0.15) is 7.05 Å². The van der Waals surface area contributed by atoms with E-state index in [0.29, 0.717) is 11.1 Å². The third kappa shape index (κ3) is 3.33. The summed E-state index contributed by atoms with van der Waals surface area (Å²) in [6, 6.07) is 22.2. The molecular weight excluding hydrogens is 338 g/mol. The fraction of sp³-hybridized carbons (Fsp3) is 0.222. The van der Waals surface area contributed by atoms with Crippen molar-refractivity contribution < 1.29 is 10.1 Å². The average molecular weight is 371 g/mol. The molecule has 0 saturated heterocycles. The monoisotopic (exact) mass is 370 g/mol. The zero-order valence-corrected chi connectivity index (χ0v) is 16.9. The summed E-state index contributed by atoms with van der Waals surface area (Å²) in [5, 5.41) is 2.07. The van der Waals surface area contributed by atoms with Crippen molar-refractivity contribution in [3.63, 3.8) is 0 Å². The van der Waals surface area contributed by atoms with Crippen molar-refractivity contribution in [2.24, 2.45) is 7.05 Å². The van der Waals surface area contributed by atoms with Crippen molar-refractivity contribution >= 4 is 10.8 Å². The van der Waals surface area contributed by atoms with Crippen LogP contribution < -0.4 is 4.57 Å². The maximum Gasteiger partial charge on any atom is 0.213 e. The zero-order chi connectivity index (χ0) is 23.3. The Labute approximate surface area is 173 Å². The molecule has 0 atom stereocenters. The minimum absolute atomic E-state index is 0.334. The number of fused-ring (bicyclic) bond motifs is 1. The van der Waals surface area contributed by atoms with E-state index in [-0.39, 0.29) is 0 Å². The Bertz CT molecular complexity index is 1310. The molecule has 3 aromatic carbocycles. The van der Waals surface area contributed by atoms with Crippen LogP contribution >= 0.6 is 0 Å². The van der Waals surface area contributed by atoms with Gasteiger partial charge in [-0.05, 0) is 64.8 Å². The highest BCUT2D eigenvalue weighted by molar-refractivity contribution is 5.88. The molecule has 1 heteroatoms. The first-order chi connectivity index (χ1) is 14.9. The van der Waals surface area contributed by atoms with Crippen LogP contribution in [0, 0.1) is 13.8 Å². The lowest BCUT2D eigenvalue weighted by Gasteiger charge is -2.12. The molecule has 28 heavy (non-hydrogen) atoms. The largest absolute Gasteiger partial charge is 0.213 e. The zero-order valence-electron chi connectivity index (χ0n) is 20.9. The second-order valence-corrected chi connectivity index (χ2v) is 7.69. The fourth-order valence-corrected chi connectivity index (χ4v) is 3.74. The van der Waals surface area contributed by atoms with Gasteiger partial charge in [-0.25, -0.2) is 4.57 Å². The van der Waals surface area contributed by atoms with Gasteiger partial charge in [-0.1, -0.05) is 62.4 Å². The van der Waals surface area contributed by atoms with E-state index in [2.05, 4.69) is 19.1 Å². The van der Waals surface area contributed by atoms with Gasteiger partial charge in [0, 0.05) is 22.7 Å². The quantitative estimate of drug-likeness (QED) is 0.352. The van der Waals surface area contributed by atoms with Gasteiger partial charge < -0.3 is 0 Å². The van der Waals surface area contributed by atoms with Crippen LogP contribution in [0.2, 0.25) is 0 Å². The molecule has 1 aromatic heterocycles. The second kappa shape index (κ2) is 7.24. The first kappa shape index (κ1) is 14.1. The highest BCUT2D eigenvalue weighted by Crippen LogP contribution is 2.31. The molecule has 0 unspecified atom stereocenters. The van der Waals surface area contributed by atoms with E-state index >= 15 is 0 Å². The molecule has 0 saturated carbocycles. The van der Waals surface area contributed by atoms with Crippen LogP contribution in [0.15, 0.2) is 72.9 Å². The van der Waals surface area contributed by atoms with Gasteiger partial charge in [-0.3, -0.25) is 0 Å². The van der Waals surface area contributed by atoms with Crippen LogP contribution in [0.1, 0.15) is 41.9 Å². The summed E-state index contributed by atoms with van der Waals surface area (Å²) in [5.74, 6) is -0.669. The van der Waals surface area contributed by atoms with Crippen LogP contribution in [0.4, 0.5) is 0 Å². The number of pyridine rings is 1. The van der Waals surface area contributed by atoms with Gasteiger partial charge in [-0.2, -0.15) is 0 Å². The average Bonchev–Trinajstić information content (AvgIpc) is 2.72. The molecule has 140 valence electrons. The van der Waals surface area contributed by atoms with E-state index < -0.39 is 12.7 Å². The minimum Gasteiger partial charge on any atom is -0.201 e. The molecule has 0 amide bonds. The molecule has 0 N–H and O–H groups in total. The van der Waals surface area contributed by atoms with Crippen LogP contribution in [0.5, 0.6) is 0 Å². The van der Waals surface area contributed by atoms with E-state index in [0.717, 1.165) is 38.7 Å². The summed E-state index contributed by atoms with van der Waals surface area (Å²) in [6.07, 6.45) is 1.74. The van der Waals surface area contributed by atoms with Crippen LogP contribution in [0.25, 0.3) is 33.2 Å². The minimum atomic E-state index is -2.23. The molecule has 1 nitrogen and oxygen atoms in total. The molecule has 0 radical (unpaired) electrons. The number of aryl methyl sites for hydroxylation is 3. The van der Waals surface area contributed by atoms with Crippen molar-refractivity contribution in [1.29, 1.82) is 0 Å². The van der Waals surface area contributed by atoms with Crippen LogP contribution in [-0.2, 0) is 7.05 Å². The van der Waals surface area contributed by atoms with Gasteiger partial charge >= 0.3 is 0 Å². The van der Waals surface area contributed by atoms with E-state index in [9.17, 15) is 0 Å². The molecule has 4 aromatic rings. The van der Waals surface area contributed by atoms with Crippen molar-refractivity contribution in [2.75, 3.05) is 0 Å². The van der Waals surface area contributed by atoms with Crippen LogP contribution in [0.3, 0.4) is 0 Å². The Morgan fingerprint density at radius 3 is 2.36 bits per heavy atom. The molecule has 4 rings (SSSR count). The fourth-order valence-electron chi connectivity index (χ4n) is 3.74. The van der Waals surface area contributed by atoms with Crippen molar-refractivity contribution in [3.05, 3.63) is 89.6 Å². The number of rotatable bonds is 3. The normalized spacial score (nSPS) is 14.3. The summed E-state index contributed by atoms with van der Waals surface area (Å²) in [7, 11) is 1.89. The molecule has 0 aliphatic heterocycles. The van der Waals surface area contributed by atoms with Gasteiger partial charge in [0.25, 0.3) is 0 Å². The number of hydrogen-bond acceptors (Lipinski definition) is 0. The lowest BCUT2D eigenvalue weighted by Crippen LogP contribution is -2.31. The predicted octanol–water partition coefficient (Wildman–Crippen LogP) is 6.74. The molecular formula is C27H28N+. The lowest BCUT2D eigenvalue weighted by atomic mass is 9.94. The number of benzene rings is 3. The molecule has 0 fully saturated rings. The third-order valence-corrected chi connectivity index (χ3v) is 5.42. The Kier molecular flexibility index (Phi) is 3.65. The summed E-state index contributed by atoms with van der Waals surface area (Å²) in [4.78, 5) is 0. The molecule has 0 aliphatic carbocycles. The van der Waals surface area contributed by atoms with E-state index in [1.165, 1.54) is 0 Å². The Morgan fingerprint density at radius 1 is 0.857 bits per heavy atom. The van der Waals surface area contributed by atoms with Crippen molar-refractivity contribution in [1.82, 2.24) is 0 Å².